The lowest BCUT2D eigenvalue weighted by Crippen LogP contribution is -2.45. The van der Waals surface area contributed by atoms with E-state index in [1.54, 1.807) is 39.0 Å². The molecule has 0 fully saturated rings. The minimum Gasteiger partial charge on any atom is -0.459 e. The molecule has 0 aliphatic carbocycles. The van der Waals surface area contributed by atoms with Gasteiger partial charge in [0, 0.05) is 35.7 Å². The van der Waals surface area contributed by atoms with Crippen LogP contribution in [0.5, 0.6) is 0 Å². The van der Waals surface area contributed by atoms with Crippen LogP contribution in [0.1, 0.15) is 56.2 Å². The first-order valence-electron chi connectivity index (χ1n) is 12.5. The van der Waals surface area contributed by atoms with Crippen LogP contribution in [0.2, 0.25) is 0 Å². The number of sulfonamides is 1. The monoisotopic (exact) mass is 548 g/mol. The molecule has 0 bridgehead atoms. The number of nitrogens with one attached hydrogen (secondary N) is 3. The molecule has 1 amide bonds. The number of hydrogen-bond donors (Lipinski definition) is 3. The number of aryl methyl sites for hydroxylation is 1. The van der Waals surface area contributed by atoms with Gasteiger partial charge in [-0.2, -0.15) is 4.72 Å². The number of thiophene rings is 1. The van der Waals surface area contributed by atoms with Gasteiger partial charge in [-0.25, -0.2) is 8.42 Å². The quantitative estimate of drug-likeness (QED) is 0.293. The van der Waals surface area contributed by atoms with E-state index in [1.165, 1.54) is 23.5 Å². The van der Waals surface area contributed by atoms with Gasteiger partial charge in [0.15, 0.2) is 5.96 Å². The van der Waals surface area contributed by atoms with Gasteiger partial charge in [0.05, 0.1) is 4.90 Å². The van der Waals surface area contributed by atoms with Crippen LogP contribution >= 0.6 is 11.3 Å². The van der Waals surface area contributed by atoms with Crippen molar-refractivity contribution in [3.05, 3.63) is 52.2 Å². The van der Waals surface area contributed by atoms with Gasteiger partial charge < -0.3 is 10.1 Å². The summed E-state index contributed by atoms with van der Waals surface area (Å²) in [6.07, 6.45) is 3.95. The van der Waals surface area contributed by atoms with Crippen molar-refractivity contribution in [1.29, 1.82) is 0 Å². The van der Waals surface area contributed by atoms with Crippen molar-refractivity contribution in [2.75, 3.05) is 13.1 Å². The second-order valence-electron chi connectivity index (χ2n) is 9.86. The van der Waals surface area contributed by atoms with Crippen LogP contribution in [-0.2, 0) is 37.2 Å². The molecule has 11 heteroatoms. The molecule has 2 aromatic rings. The number of unbranched alkanes of at least 4 members (excludes halogenated alkanes) is 1. The molecule has 1 aliphatic heterocycles. The van der Waals surface area contributed by atoms with E-state index >= 15 is 0 Å². The van der Waals surface area contributed by atoms with E-state index < -0.39 is 27.6 Å². The second kappa shape index (κ2) is 13.2. The second-order valence-corrected chi connectivity index (χ2v) is 12.8. The van der Waals surface area contributed by atoms with E-state index in [4.69, 9.17) is 4.74 Å². The Morgan fingerprint density at radius 2 is 1.84 bits per heavy atom. The zero-order valence-electron chi connectivity index (χ0n) is 21.6. The molecule has 3 N–H and O–H groups in total. The summed E-state index contributed by atoms with van der Waals surface area (Å²) in [5.74, 6) is -0.113. The number of ether oxygens (including phenoxy) is 1. The molecule has 1 atom stereocenters. The van der Waals surface area contributed by atoms with Gasteiger partial charge in [-0.3, -0.25) is 19.9 Å². The number of carbonyl (C=O) groups is 2. The predicted octanol–water partition coefficient (Wildman–Crippen LogP) is 3.16. The van der Waals surface area contributed by atoms with Crippen LogP contribution in [0.4, 0.5) is 0 Å². The van der Waals surface area contributed by atoms with E-state index in [0.29, 0.717) is 12.4 Å². The summed E-state index contributed by atoms with van der Waals surface area (Å²) < 4.78 is 33.8. The van der Waals surface area contributed by atoms with E-state index in [-0.39, 0.29) is 17.2 Å². The standard InChI is InChI=1S/C26H36N4O5S2/c1-26(2,3)35-24(32)22(30-37(33,34)21-11-5-4-6-12-21)18-20-15-14-19(36-20)10-7-8-13-23(31)29-25-27-16-9-17-28-25/h4-6,11-12,14-15,22,30H,7-10,13,16-18H2,1-3H3,(H2,27,28,29,31)/t22-/m0/s1. The molecule has 1 aromatic heterocycles. The predicted molar refractivity (Wildman–Crippen MR) is 145 cm³/mol. The van der Waals surface area contributed by atoms with Crippen LogP contribution in [0.3, 0.4) is 0 Å². The van der Waals surface area contributed by atoms with Crippen LogP contribution in [0, 0.1) is 0 Å². The van der Waals surface area contributed by atoms with Gasteiger partial charge in [0.1, 0.15) is 11.6 Å². The Hall–Kier alpha value is -2.76. The lowest BCUT2D eigenvalue weighted by Gasteiger charge is -2.24. The molecule has 37 heavy (non-hydrogen) atoms. The van der Waals surface area contributed by atoms with Gasteiger partial charge in [0.25, 0.3) is 0 Å². The van der Waals surface area contributed by atoms with Crippen LogP contribution in [0.15, 0.2) is 52.4 Å². The van der Waals surface area contributed by atoms with Crippen molar-refractivity contribution in [3.8, 4) is 0 Å². The first-order chi connectivity index (χ1) is 17.5. The maximum atomic E-state index is 12.9. The molecule has 0 unspecified atom stereocenters. The molecular formula is C26H36N4O5S2. The fraction of sp³-hybridized carbons (Fsp3) is 0.500. The van der Waals surface area contributed by atoms with E-state index in [1.807, 2.05) is 12.1 Å². The lowest BCUT2D eigenvalue weighted by atomic mass is 10.1. The van der Waals surface area contributed by atoms with Crippen molar-refractivity contribution >= 4 is 39.2 Å². The summed E-state index contributed by atoms with van der Waals surface area (Å²) in [6.45, 7) is 6.79. The average molecular weight is 549 g/mol. The number of esters is 1. The number of hydrogen-bond acceptors (Lipinski definition) is 8. The molecule has 0 saturated heterocycles. The normalized spacial score (nSPS) is 14.8. The van der Waals surface area contributed by atoms with Gasteiger partial charge in [-0.05, 0) is 70.7 Å². The summed E-state index contributed by atoms with van der Waals surface area (Å²) in [7, 11) is -3.91. The highest BCUT2D eigenvalue weighted by molar-refractivity contribution is 7.89. The van der Waals surface area contributed by atoms with Crippen molar-refractivity contribution in [2.24, 2.45) is 4.99 Å². The highest BCUT2D eigenvalue weighted by Gasteiger charge is 2.30. The number of amides is 1. The number of aliphatic imine (C=N–C) groups is 1. The number of nitrogens with zero attached hydrogens (tertiary/aromatic N) is 1. The van der Waals surface area contributed by atoms with Crippen molar-refractivity contribution in [3.63, 3.8) is 0 Å². The molecule has 0 saturated carbocycles. The van der Waals surface area contributed by atoms with E-state index in [2.05, 4.69) is 20.3 Å². The summed E-state index contributed by atoms with van der Waals surface area (Å²) in [5, 5.41) is 5.87. The minimum absolute atomic E-state index is 0.0501. The van der Waals surface area contributed by atoms with Gasteiger partial charge >= 0.3 is 5.97 Å². The molecule has 2 heterocycles. The van der Waals surface area contributed by atoms with E-state index in [9.17, 15) is 18.0 Å². The fourth-order valence-corrected chi connectivity index (χ4v) is 5.98. The van der Waals surface area contributed by atoms with Crippen molar-refractivity contribution < 1.29 is 22.7 Å². The Kier molecular flexibility index (Phi) is 10.2. The molecule has 3 rings (SSSR count). The van der Waals surface area contributed by atoms with Crippen LogP contribution in [-0.4, -0.2) is 51.0 Å². The number of carbonyl (C=O) groups excluding carboxylic acids is 2. The Morgan fingerprint density at radius 1 is 1.11 bits per heavy atom. The van der Waals surface area contributed by atoms with Crippen LogP contribution in [0.25, 0.3) is 0 Å². The molecule has 0 radical (unpaired) electrons. The molecule has 1 aromatic carbocycles. The minimum atomic E-state index is -3.91. The summed E-state index contributed by atoms with van der Waals surface area (Å²) >= 11 is 1.53. The fourth-order valence-electron chi connectivity index (χ4n) is 3.66. The third-order valence-corrected chi connectivity index (χ3v) is 8.05. The molecule has 202 valence electrons. The van der Waals surface area contributed by atoms with Gasteiger partial charge in [-0.1, -0.05) is 18.2 Å². The number of benzene rings is 1. The van der Waals surface area contributed by atoms with E-state index in [0.717, 1.165) is 48.5 Å². The summed E-state index contributed by atoms with van der Waals surface area (Å²) in [4.78, 5) is 31.3. The zero-order chi connectivity index (χ0) is 26.9. The summed E-state index contributed by atoms with van der Waals surface area (Å²) in [6, 6.07) is 10.8. The Labute approximate surface area is 223 Å². The summed E-state index contributed by atoms with van der Waals surface area (Å²) in [5.41, 5.74) is -0.750. The molecule has 0 spiro atoms. The zero-order valence-corrected chi connectivity index (χ0v) is 23.2. The van der Waals surface area contributed by atoms with Gasteiger partial charge in [-0.15, -0.1) is 11.3 Å². The largest absolute Gasteiger partial charge is 0.459 e. The van der Waals surface area contributed by atoms with Crippen LogP contribution < -0.4 is 15.4 Å². The third-order valence-electron chi connectivity index (χ3n) is 5.40. The maximum Gasteiger partial charge on any atom is 0.325 e. The SMILES string of the molecule is CC(C)(C)OC(=O)[C@H](Cc1ccc(CCCCC(=O)NC2=NCCCN2)s1)NS(=O)(=O)c1ccccc1. The molecular weight excluding hydrogens is 512 g/mol. The highest BCUT2D eigenvalue weighted by atomic mass is 32.2. The Balaban J connectivity index is 1.56. The Bertz CT molecular complexity index is 1190. The third kappa shape index (κ3) is 9.90. The first-order valence-corrected chi connectivity index (χ1v) is 14.8. The highest BCUT2D eigenvalue weighted by Crippen LogP contribution is 2.22. The molecule has 1 aliphatic rings. The topological polar surface area (TPSA) is 126 Å². The van der Waals surface area contributed by atoms with Crippen molar-refractivity contribution in [2.45, 2.75) is 75.8 Å². The number of rotatable bonds is 11. The first kappa shape index (κ1) is 28.8. The maximum absolute atomic E-state index is 12.9. The lowest BCUT2D eigenvalue weighted by molar-refractivity contribution is -0.156. The average Bonchev–Trinajstić information content (AvgIpc) is 3.29. The number of guanidine groups is 1. The van der Waals surface area contributed by atoms with Gasteiger partial charge in [0.2, 0.25) is 15.9 Å². The van der Waals surface area contributed by atoms with Crippen molar-refractivity contribution in [1.82, 2.24) is 15.4 Å². The smallest absolute Gasteiger partial charge is 0.325 e. The Morgan fingerprint density at radius 3 is 2.51 bits per heavy atom. The molecule has 9 nitrogen and oxygen atoms in total.